The lowest BCUT2D eigenvalue weighted by molar-refractivity contribution is -0.117. The highest BCUT2D eigenvalue weighted by Gasteiger charge is 2.19. The van der Waals surface area contributed by atoms with E-state index in [-0.39, 0.29) is 11.9 Å². The number of nitrogens with zero attached hydrogens (tertiary/aromatic N) is 1. The third-order valence-electron chi connectivity index (χ3n) is 4.34. The highest BCUT2D eigenvalue weighted by molar-refractivity contribution is 9.10. The second kappa shape index (κ2) is 9.67. The molecule has 3 rings (SSSR count). The third kappa shape index (κ3) is 5.80. The Morgan fingerprint density at radius 3 is 2.65 bits per heavy atom. The minimum absolute atomic E-state index is 0.0473. The Morgan fingerprint density at radius 1 is 1.15 bits per heavy atom. The molecular weight excluding hydrogens is 392 g/mol. The molecule has 1 aliphatic rings. The number of amides is 1. The molecule has 0 radical (unpaired) electrons. The van der Waals surface area contributed by atoms with E-state index in [0.29, 0.717) is 0 Å². The molecule has 0 spiro atoms. The van der Waals surface area contributed by atoms with Crippen LogP contribution in [0.5, 0.6) is 0 Å². The molecule has 1 atom stereocenters. The van der Waals surface area contributed by atoms with E-state index >= 15 is 0 Å². The fourth-order valence-electron chi connectivity index (χ4n) is 2.96. The lowest BCUT2D eigenvalue weighted by Crippen LogP contribution is -2.42. The molecule has 0 aromatic heterocycles. The number of benzene rings is 2. The molecule has 26 heavy (non-hydrogen) atoms. The number of rotatable bonds is 6. The van der Waals surface area contributed by atoms with Crippen LogP contribution >= 0.6 is 15.9 Å². The number of halogens is 1. The molecule has 0 bridgehead atoms. The van der Waals surface area contributed by atoms with E-state index in [4.69, 9.17) is 4.74 Å². The Kier molecular flexibility index (Phi) is 7.00. The molecule has 2 aromatic carbocycles. The zero-order chi connectivity index (χ0) is 18.2. The van der Waals surface area contributed by atoms with Crippen LogP contribution < -0.4 is 5.32 Å². The van der Waals surface area contributed by atoms with E-state index in [2.05, 4.69) is 38.3 Å². The first kappa shape index (κ1) is 18.8. The van der Waals surface area contributed by atoms with Crippen molar-refractivity contribution in [2.75, 3.05) is 32.8 Å². The number of morpholine rings is 1. The Labute approximate surface area is 163 Å². The summed E-state index contributed by atoms with van der Waals surface area (Å²) >= 11 is 3.45. The van der Waals surface area contributed by atoms with Crippen molar-refractivity contribution >= 4 is 27.9 Å². The SMILES string of the molecule is O=C(C=Cc1cccc(Br)c1)NC(CN1CCOCC1)c1ccccc1. The fourth-order valence-corrected chi connectivity index (χ4v) is 3.38. The van der Waals surface area contributed by atoms with Crippen LogP contribution in [0, 0.1) is 0 Å². The molecule has 0 aliphatic carbocycles. The van der Waals surface area contributed by atoms with Gasteiger partial charge < -0.3 is 10.1 Å². The van der Waals surface area contributed by atoms with Gasteiger partial charge in [-0.15, -0.1) is 0 Å². The van der Waals surface area contributed by atoms with Crippen molar-refractivity contribution in [3.63, 3.8) is 0 Å². The smallest absolute Gasteiger partial charge is 0.244 e. The van der Waals surface area contributed by atoms with Gasteiger partial charge in [-0.3, -0.25) is 9.69 Å². The predicted molar refractivity (Wildman–Crippen MR) is 108 cm³/mol. The van der Waals surface area contributed by atoms with Crippen molar-refractivity contribution in [3.8, 4) is 0 Å². The summed E-state index contributed by atoms with van der Waals surface area (Å²) in [6, 6.07) is 17.9. The molecule has 2 aromatic rings. The summed E-state index contributed by atoms with van der Waals surface area (Å²) < 4.78 is 6.42. The maximum atomic E-state index is 12.5. The molecule has 1 N–H and O–H groups in total. The summed E-state index contributed by atoms with van der Waals surface area (Å²) in [7, 11) is 0. The molecule has 1 saturated heterocycles. The minimum Gasteiger partial charge on any atom is -0.379 e. The second-order valence-electron chi connectivity index (χ2n) is 6.27. The van der Waals surface area contributed by atoms with Crippen LogP contribution in [-0.4, -0.2) is 43.7 Å². The maximum Gasteiger partial charge on any atom is 0.244 e. The van der Waals surface area contributed by atoms with Crippen LogP contribution in [0.25, 0.3) is 6.08 Å². The average molecular weight is 415 g/mol. The van der Waals surface area contributed by atoms with Gasteiger partial charge in [0.1, 0.15) is 0 Å². The van der Waals surface area contributed by atoms with Gasteiger partial charge in [0.15, 0.2) is 0 Å². The summed E-state index contributed by atoms with van der Waals surface area (Å²) in [4.78, 5) is 14.8. The maximum absolute atomic E-state index is 12.5. The second-order valence-corrected chi connectivity index (χ2v) is 7.19. The van der Waals surface area contributed by atoms with E-state index in [1.807, 2.05) is 48.5 Å². The Morgan fingerprint density at radius 2 is 1.92 bits per heavy atom. The summed E-state index contributed by atoms with van der Waals surface area (Å²) in [5.74, 6) is -0.0907. The van der Waals surface area contributed by atoms with Crippen molar-refractivity contribution in [3.05, 3.63) is 76.3 Å². The molecule has 1 aliphatic heterocycles. The van der Waals surface area contributed by atoms with Crippen LogP contribution in [0.1, 0.15) is 17.2 Å². The monoisotopic (exact) mass is 414 g/mol. The number of ether oxygens (including phenoxy) is 1. The Balaban J connectivity index is 1.67. The van der Waals surface area contributed by atoms with Crippen molar-refractivity contribution in [1.82, 2.24) is 10.2 Å². The average Bonchev–Trinajstić information content (AvgIpc) is 2.67. The molecule has 5 heteroatoms. The van der Waals surface area contributed by atoms with Crippen LogP contribution in [0.3, 0.4) is 0 Å². The highest BCUT2D eigenvalue weighted by Crippen LogP contribution is 2.16. The molecule has 1 amide bonds. The molecule has 1 unspecified atom stereocenters. The van der Waals surface area contributed by atoms with Crippen molar-refractivity contribution in [2.24, 2.45) is 0 Å². The van der Waals surface area contributed by atoms with Crippen molar-refractivity contribution < 1.29 is 9.53 Å². The normalized spacial score (nSPS) is 16.5. The summed E-state index contributed by atoms with van der Waals surface area (Å²) in [5.41, 5.74) is 2.10. The van der Waals surface area contributed by atoms with Gasteiger partial charge in [0.2, 0.25) is 5.91 Å². The summed E-state index contributed by atoms with van der Waals surface area (Å²) in [6.07, 6.45) is 3.42. The molecule has 0 saturated carbocycles. The zero-order valence-electron chi connectivity index (χ0n) is 14.6. The predicted octanol–water partition coefficient (Wildman–Crippen LogP) is 3.65. The van der Waals surface area contributed by atoms with Crippen LogP contribution in [0.2, 0.25) is 0 Å². The first-order valence-corrected chi connectivity index (χ1v) is 9.59. The van der Waals surface area contributed by atoms with Crippen LogP contribution in [0.15, 0.2) is 65.1 Å². The van der Waals surface area contributed by atoms with Crippen molar-refractivity contribution in [2.45, 2.75) is 6.04 Å². The summed E-state index contributed by atoms with van der Waals surface area (Å²) in [6.45, 7) is 4.07. The molecule has 136 valence electrons. The van der Waals surface area contributed by atoms with Gasteiger partial charge >= 0.3 is 0 Å². The van der Waals surface area contributed by atoms with E-state index in [1.165, 1.54) is 0 Å². The topological polar surface area (TPSA) is 41.6 Å². The number of carbonyl (C=O) groups is 1. The molecule has 1 fully saturated rings. The van der Waals surface area contributed by atoms with Crippen LogP contribution in [-0.2, 0) is 9.53 Å². The molecular formula is C21H23BrN2O2. The fraction of sp³-hybridized carbons (Fsp3) is 0.286. The molecule has 1 heterocycles. The Hall–Kier alpha value is -1.95. The third-order valence-corrected chi connectivity index (χ3v) is 4.83. The quantitative estimate of drug-likeness (QED) is 0.733. The van der Waals surface area contributed by atoms with E-state index < -0.39 is 0 Å². The standard InChI is InChI=1S/C21H23BrN2O2/c22-19-8-4-5-17(15-19)9-10-21(25)23-20(18-6-2-1-3-7-18)16-24-11-13-26-14-12-24/h1-10,15,20H,11-14,16H2,(H,23,25). The van der Waals surface area contributed by atoms with E-state index in [0.717, 1.165) is 48.4 Å². The number of carbonyl (C=O) groups excluding carboxylic acids is 1. The first-order chi connectivity index (χ1) is 12.7. The largest absolute Gasteiger partial charge is 0.379 e. The van der Waals surface area contributed by atoms with Crippen molar-refractivity contribution in [1.29, 1.82) is 0 Å². The van der Waals surface area contributed by atoms with E-state index in [9.17, 15) is 4.79 Å². The van der Waals surface area contributed by atoms with Crippen LogP contribution in [0.4, 0.5) is 0 Å². The van der Waals surface area contributed by atoms with Gasteiger partial charge in [-0.2, -0.15) is 0 Å². The number of nitrogens with one attached hydrogen (secondary N) is 1. The lowest BCUT2D eigenvalue weighted by Gasteiger charge is -2.31. The Bertz CT molecular complexity index is 743. The highest BCUT2D eigenvalue weighted by atomic mass is 79.9. The summed E-state index contributed by atoms with van der Waals surface area (Å²) in [5, 5.41) is 3.15. The van der Waals surface area contributed by atoms with Gasteiger partial charge in [0.05, 0.1) is 19.3 Å². The number of hydrogen-bond donors (Lipinski definition) is 1. The van der Waals surface area contributed by atoms with Gasteiger partial charge in [-0.25, -0.2) is 0 Å². The van der Waals surface area contributed by atoms with Gasteiger partial charge in [0, 0.05) is 30.2 Å². The molecule has 4 nitrogen and oxygen atoms in total. The van der Waals surface area contributed by atoms with Gasteiger partial charge in [0.25, 0.3) is 0 Å². The first-order valence-electron chi connectivity index (χ1n) is 8.80. The van der Waals surface area contributed by atoms with Gasteiger partial charge in [-0.05, 0) is 29.3 Å². The van der Waals surface area contributed by atoms with E-state index in [1.54, 1.807) is 6.08 Å². The lowest BCUT2D eigenvalue weighted by atomic mass is 10.1. The van der Waals surface area contributed by atoms with Gasteiger partial charge in [-0.1, -0.05) is 58.4 Å². The zero-order valence-corrected chi connectivity index (χ0v) is 16.2. The number of hydrogen-bond acceptors (Lipinski definition) is 3. The minimum atomic E-state index is -0.0907.